The molecule has 144 valence electrons. The van der Waals surface area contributed by atoms with Crippen LogP contribution >= 0.6 is 0 Å². The normalized spacial score (nSPS) is 15.3. The van der Waals surface area contributed by atoms with Crippen LogP contribution in [-0.4, -0.2) is 18.4 Å². The molecule has 0 N–H and O–H groups in total. The second-order valence-corrected chi connectivity index (χ2v) is 7.77. The van der Waals surface area contributed by atoms with Crippen molar-refractivity contribution in [2.75, 3.05) is 4.31 Å². The largest absolute Gasteiger partial charge is 0.424 e. The Kier molecular flexibility index (Phi) is 4.22. The summed E-state index contributed by atoms with van der Waals surface area (Å²) in [6.45, 7) is 0.120. The van der Waals surface area contributed by atoms with E-state index in [0.29, 0.717) is 5.56 Å². The number of hydrogen-bond donors (Lipinski definition) is 0. The van der Waals surface area contributed by atoms with Crippen LogP contribution in [0.25, 0.3) is 0 Å². The molecule has 0 radical (unpaired) electrons. The SMILES string of the molecule is O=S1(=O)c2ccccc2CN1c1ccnc(Oc2ccc(C(F)(F)F)cc2)n1. The summed E-state index contributed by atoms with van der Waals surface area (Å²) in [5.74, 6) is 0.200. The first kappa shape index (κ1) is 18.2. The highest BCUT2D eigenvalue weighted by Crippen LogP contribution is 2.34. The Morgan fingerprint density at radius 3 is 2.39 bits per heavy atom. The van der Waals surface area contributed by atoms with E-state index in [1.54, 1.807) is 18.2 Å². The maximum atomic E-state index is 12.7. The van der Waals surface area contributed by atoms with Crippen molar-refractivity contribution in [3.05, 3.63) is 71.9 Å². The van der Waals surface area contributed by atoms with Crippen LogP contribution in [0.15, 0.2) is 65.7 Å². The molecule has 0 amide bonds. The maximum absolute atomic E-state index is 12.7. The minimum absolute atomic E-state index is 0.0951. The maximum Gasteiger partial charge on any atom is 0.416 e. The summed E-state index contributed by atoms with van der Waals surface area (Å²) in [7, 11) is -3.75. The smallest absolute Gasteiger partial charge is 0.416 e. The first-order valence-electron chi connectivity index (χ1n) is 8.04. The molecule has 0 saturated carbocycles. The van der Waals surface area contributed by atoms with Crippen molar-refractivity contribution in [3.8, 4) is 11.8 Å². The fraction of sp³-hybridized carbons (Fsp3) is 0.111. The first-order valence-corrected chi connectivity index (χ1v) is 9.48. The third-order valence-corrected chi connectivity index (χ3v) is 5.97. The topological polar surface area (TPSA) is 72.4 Å². The minimum atomic E-state index is -4.45. The number of sulfonamides is 1. The molecule has 2 aromatic carbocycles. The summed E-state index contributed by atoms with van der Waals surface area (Å²) < 4.78 is 69.8. The number of halogens is 3. The molecule has 1 aliphatic heterocycles. The van der Waals surface area contributed by atoms with Crippen molar-refractivity contribution in [2.24, 2.45) is 0 Å². The fourth-order valence-electron chi connectivity index (χ4n) is 2.79. The van der Waals surface area contributed by atoms with E-state index in [-0.39, 0.29) is 29.0 Å². The van der Waals surface area contributed by atoms with Crippen LogP contribution in [0.5, 0.6) is 11.8 Å². The molecule has 0 bridgehead atoms. The Labute approximate surface area is 158 Å². The molecule has 28 heavy (non-hydrogen) atoms. The molecular formula is C18H12F3N3O3S. The van der Waals surface area contributed by atoms with Gasteiger partial charge in [0.05, 0.1) is 17.0 Å². The van der Waals surface area contributed by atoms with Gasteiger partial charge in [-0.15, -0.1) is 0 Å². The van der Waals surface area contributed by atoms with Gasteiger partial charge in [0, 0.05) is 12.3 Å². The Hall–Kier alpha value is -3.14. The Bertz CT molecular complexity index is 1130. The van der Waals surface area contributed by atoms with Gasteiger partial charge in [-0.2, -0.15) is 18.2 Å². The van der Waals surface area contributed by atoms with Gasteiger partial charge < -0.3 is 4.74 Å². The summed E-state index contributed by atoms with van der Waals surface area (Å²) in [5.41, 5.74) is -0.165. The second kappa shape index (κ2) is 6.48. The lowest BCUT2D eigenvalue weighted by Gasteiger charge is -2.16. The highest BCUT2D eigenvalue weighted by atomic mass is 32.2. The third-order valence-electron chi connectivity index (χ3n) is 4.12. The average Bonchev–Trinajstić information content (AvgIpc) is 2.93. The molecule has 0 unspecified atom stereocenters. The quantitative estimate of drug-likeness (QED) is 0.656. The molecule has 0 fully saturated rings. The number of alkyl halides is 3. The highest BCUT2D eigenvalue weighted by molar-refractivity contribution is 7.93. The van der Waals surface area contributed by atoms with Gasteiger partial charge >= 0.3 is 12.2 Å². The van der Waals surface area contributed by atoms with Gasteiger partial charge in [-0.3, -0.25) is 0 Å². The van der Waals surface area contributed by atoms with Gasteiger partial charge in [-0.1, -0.05) is 18.2 Å². The van der Waals surface area contributed by atoms with Crippen molar-refractivity contribution in [1.82, 2.24) is 9.97 Å². The zero-order chi connectivity index (χ0) is 19.9. The van der Waals surface area contributed by atoms with E-state index in [2.05, 4.69) is 9.97 Å². The third kappa shape index (κ3) is 3.26. The average molecular weight is 407 g/mol. The predicted octanol–water partition coefficient (Wildman–Crippen LogP) is 4.00. The molecule has 2 heterocycles. The van der Waals surface area contributed by atoms with E-state index >= 15 is 0 Å². The lowest BCUT2D eigenvalue weighted by Crippen LogP contribution is -2.24. The molecule has 0 saturated heterocycles. The number of aromatic nitrogens is 2. The van der Waals surface area contributed by atoms with Crippen LogP contribution in [0.1, 0.15) is 11.1 Å². The fourth-order valence-corrected chi connectivity index (χ4v) is 4.39. The van der Waals surface area contributed by atoms with Gasteiger partial charge in [0.25, 0.3) is 10.0 Å². The number of benzene rings is 2. The molecule has 0 aliphatic carbocycles. The zero-order valence-electron chi connectivity index (χ0n) is 14.1. The van der Waals surface area contributed by atoms with E-state index in [1.807, 2.05) is 0 Å². The minimum Gasteiger partial charge on any atom is -0.424 e. The van der Waals surface area contributed by atoms with Crippen LogP contribution < -0.4 is 9.04 Å². The van der Waals surface area contributed by atoms with Crippen molar-refractivity contribution in [3.63, 3.8) is 0 Å². The predicted molar refractivity (Wildman–Crippen MR) is 93.4 cm³/mol. The summed E-state index contributed by atoms with van der Waals surface area (Å²) >= 11 is 0. The summed E-state index contributed by atoms with van der Waals surface area (Å²) in [5, 5.41) is 0. The molecule has 0 atom stereocenters. The van der Waals surface area contributed by atoms with Crippen LogP contribution in [-0.2, 0) is 22.7 Å². The van der Waals surface area contributed by atoms with E-state index in [0.717, 1.165) is 28.6 Å². The zero-order valence-corrected chi connectivity index (χ0v) is 14.9. The number of hydrogen-bond acceptors (Lipinski definition) is 5. The monoisotopic (exact) mass is 407 g/mol. The number of fused-ring (bicyclic) bond motifs is 1. The molecular weight excluding hydrogens is 395 g/mol. The van der Waals surface area contributed by atoms with Gasteiger partial charge in [-0.05, 0) is 35.9 Å². The second-order valence-electron chi connectivity index (χ2n) is 5.94. The van der Waals surface area contributed by atoms with E-state index in [1.165, 1.54) is 18.3 Å². The van der Waals surface area contributed by atoms with Crippen LogP contribution in [0.4, 0.5) is 19.0 Å². The van der Waals surface area contributed by atoms with Gasteiger partial charge in [0.2, 0.25) is 0 Å². The molecule has 10 heteroatoms. The van der Waals surface area contributed by atoms with Crippen molar-refractivity contribution >= 4 is 15.8 Å². The van der Waals surface area contributed by atoms with Crippen LogP contribution in [0, 0.1) is 0 Å². The van der Waals surface area contributed by atoms with Gasteiger partial charge in [0.1, 0.15) is 11.6 Å². The summed E-state index contributed by atoms with van der Waals surface area (Å²) in [4.78, 5) is 8.20. The molecule has 0 spiro atoms. The molecule has 1 aromatic heterocycles. The van der Waals surface area contributed by atoms with Crippen molar-refractivity contribution in [1.29, 1.82) is 0 Å². The van der Waals surface area contributed by atoms with Crippen LogP contribution in [0.2, 0.25) is 0 Å². The lowest BCUT2D eigenvalue weighted by molar-refractivity contribution is -0.137. The number of rotatable bonds is 3. The van der Waals surface area contributed by atoms with Crippen molar-refractivity contribution < 1.29 is 26.3 Å². The first-order chi connectivity index (χ1) is 13.2. The lowest BCUT2D eigenvalue weighted by atomic mass is 10.2. The number of nitrogens with zero attached hydrogens (tertiary/aromatic N) is 3. The summed E-state index contributed by atoms with van der Waals surface area (Å²) in [6, 6.07) is 11.9. The molecule has 3 aromatic rings. The summed E-state index contributed by atoms with van der Waals surface area (Å²) in [6.07, 6.45) is -3.13. The van der Waals surface area contributed by atoms with E-state index in [4.69, 9.17) is 4.74 Å². The molecule has 4 rings (SSSR count). The van der Waals surface area contributed by atoms with Gasteiger partial charge in [-0.25, -0.2) is 17.7 Å². The van der Waals surface area contributed by atoms with Crippen LogP contribution in [0.3, 0.4) is 0 Å². The van der Waals surface area contributed by atoms with E-state index < -0.39 is 21.8 Å². The van der Waals surface area contributed by atoms with Gasteiger partial charge in [0.15, 0.2) is 0 Å². The Morgan fingerprint density at radius 2 is 1.71 bits per heavy atom. The number of ether oxygens (including phenoxy) is 1. The Morgan fingerprint density at radius 1 is 1.00 bits per heavy atom. The van der Waals surface area contributed by atoms with Crippen molar-refractivity contribution in [2.45, 2.75) is 17.6 Å². The number of anilines is 1. The standard InChI is InChI=1S/C18H12F3N3O3S/c19-18(20,21)13-5-7-14(8-6-13)27-17-22-10-9-16(23-17)24-11-12-3-1-2-4-15(12)28(24,25)26/h1-10H,11H2. The molecule has 1 aliphatic rings. The van der Waals surface area contributed by atoms with E-state index in [9.17, 15) is 21.6 Å². The highest BCUT2D eigenvalue weighted by Gasteiger charge is 2.35. The molecule has 6 nitrogen and oxygen atoms in total. The Balaban J connectivity index is 1.59.